The second kappa shape index (κ2) is 5.08. The number of hydrogen-bond donors (Lipinski definition) is 1. The zero-order valence-corrected chi connectivity index (χ0v) is 9.90. The molecule has 2 heteroatoms. The lowest BCUT2D eigenvalue weighted by molar-refractivity contribution is 0.542. The average Bonchev–Trinajstić information content (AvgIpc) is 2.35. The van der Waals surface area contributed by atoms with E-state index in [-0.39, 0.29) is 0 Å². The fourth-order valence-electron chi connectivity index (χ4n) is 2.08. The van der Waals surface area contributed by atoms with Gasteiger partial charge in [-0.3, -0.25) is 4.98 Å². The maximum Gasteiger partial charge on any atom is 0.0702 e. The molecule has 1 aromatic carbocycles. The van der Waals surface area contributed by atoms with Gasteiger partial charge in [-0.25, -0.2) is 0 Å². The van der Waals surface area contributed by atoms with Gasteiger partial charge in [0.25, 0.3) is 0 Å². The molecule has 0 saturated heterocycles. The first-order valence-electron chi connectivity index (χ1n) is 5.87. The molecular weight excluding hydrogens is 196 g/mol. The summed E-state index contributed by atoms with van der Waals surface area (Å²) in [6.45, 7) is 2.22. The van der Waals surface area contributed by atoms with E-state index in [2.05, 4.69) is 41.5 Å². The van der Waals surface area contributed by atoms with Crippen molar-refractivity contribution in [2.24, 2.45) is 0 Å². The molecule has 0 amide bonds. The molecule has 0 saturated carbocycles. The number of rotatable bonds is 4. The topological polar surface area (TPSA) is 24.9 Å². The average molecular weight is 214 g/mol. The summed E-state index contributed by atoms with van der Waals surface area (Å²) in [5.74, 6) is 0. The monoisotopic (exact) mass is 214 g/mol. The van der Waals surface area contributed by atoms with E-state index in [1.807, 2.05) is 19.3 Å². The lowest BCUT2D eigenvalue weighted by atomic mass is 10.0. The quantitative estimate of drug-likeness (QED) is 0.844. The third kappa shape index (κ3) is 2.22. The third-order valence-electron chi connectivity index (χ3n) is 2.96. The predicted molar refractivity (Wildman–Crippen MR) is 68.5 cm³/mol. The lowest BCUT2D eigenvalue weighted by Crippen LogP contribution is -2.15. The number of hydrogen-bond acceptors (Lipinski definition) is 2. The van der Waals surface area contributed by atoms with Gasteiger partial charge < -0.3 is 5.32 Å². The van der Waals surface area contributed by atoms with Gasteiger partial charge in [-0.05, 0) is 37.2 Å². The Hall–Kier alpha value is -1.41. The van der Waals surface area contributed by atoms with Crippen molar-refractivity contribution in [2.75, 3.05) is 7.05 Å². The van der Waals surface area contributed by atoms with E-state index in [1.165, 1.54) is 23.8 Å². The third-order valence-corrected chi connectivity index (χ3v) is 2.96. The zero-order chi connectivity index (χ0) is 11.4. The molecule has 1 aromatic heterocycles. The van der Waals surface area contributed by atoms with E-state index >= 15 is 0 Å². The lowest BCUT2D eigenvalue weighted by Gasteiger charge is -2.16. The van der Waals surface area contributed by atoms with Crippen LogP contribution in [0.1, 0.15) is 31.4 Å². The number of benzene rings is 1. The number of fused-ring (bicyclic) bond motifs is 1. The second-order valence-electron chi connectivity index (χ2n) is 4.09. The predicted octanol–water partition coefficient (Wildman–Crippen LogP) is 3.30. The van der Waals surface area contributed by atoms with Crippen LogP contribution in [0.3, 0.4) is 0 Å². The van der Waals surface area contributed by atoms with E-state index < -0.39 is 0 Å². The summed E-state index contributed by atoms with van der Waals surface area (Å²) in [6.07, 6.45) is 4.20. The first kappa shape index (κ1) is 11.1. The first-order chi connectivity index (χ1) is 7.85. The molecule has 0 radical (unpaired) electrons. The van der Waals surface area contributed by atoms with Gasteiger partial charge >= 0.3 is 0 Å². The van der Waals surface area contributed by atoms with Crippen molar-refractivity contribution in [3.8, 4) is 0 Å². The Balaban J connectivity index is 2.37. The highest BCUT2D eigenvalue weighted by Crippen LogP contribution is 2.21. The van der Waals surface area contributed by atoms with Gasteiger partial charge in [-0.2, -0.15) is 0 Å². The van der Waals surface area contributed by atoms with E-state index in [4.69, 9.17) is 0 Å². The molecule has 84 valence electrons. The number of nitrogens with zero attached hydrogens (tertiary/aromatic N) is 1. The highest BCUT2D eigenvalue weighted by molar-refractivity contribution is 5.79. The van der Waals surface area contributed by atoms with Crippen LogP contribution in [0.5, 0.6) is 0 Å². The maximum atomic E-state index is 4.33. The van der Waals surface area contributed by atoms with Gasteiger partial charge in [0.05, 0.1) is 5.52 Å². The van der Waals surface area contributed by atoms with Gasteiger partial charge in [0.1, 0.15) is 0 Å². The molecule has 16 heavy (non-hydrogen) atoms. The molecule has 1 unspecified atom stereocenters. The second-order valence-corrected chi connectivity index (χ2v) is 4.09. The summed E-state index contributed by atoms with van der Waals surface area (Å²) >= 11 is 0. The molecule has 0 aliphatic heterocycles. The summed E-state index contributed by atoms with van der Waals surface area (Å²) in [7, 11) is 2.02. The molecule has 2 aromatic rings. The largest absolute Gasteiger partial charge is 0.313 e. The highest BCUT2D eigenvalue weighted by Gasteiger charge is 2.08. The fourth-order valence-corrected chi connectivity index (χ4v) is 2.08. The Kier molecular flexibility index (Phi) is 3.52. The van der Waals surface area contributed by atoms with Crippen molar-refractivity contribution >= 4 is 10.9 Å². The Labute approximate surface area is 96.7 Å². The Morgan fingerprint density at radius 1 is 1.31 bits per heavy atom. The van der Waals surface area contributed by atoms with Crippen LogP contribution in [0.2, 0.25) is 0 Å². The van der Waals surface area contributed by atoms with Crippen LogP contribution < -0.4 is 5.32 Å². The van der Waals surface area contributed by atoms with Crippen molar-refractivity contribution in [1.29, 1.82) is 0 Å². The van der Waals surface area contributed by atoms with Gasteiger partial charge in [0.2, 0.25) is 0 Å². The highest BCUT2D eigenvalue weighted by atomic mass is 14.9. The van der Waals surface area contributed by atoms with Crippen molar-refractivity contribution < 1.29 is 0 Å². The summed E-state index contributed by atoms with van der Waals surface area (Å²) in [4.78, 5) is 4.33. The zero-order valence-electron chi connectivity index (χ0n) is 9.90. The van der Waals surface area contributed by atoms with Crippen LogP contribution in [0.25, 0.3) is 10.9 Å². The van der Waals surface area contributed by atoms with Crippen LogP contribution in [-0.4, -0.2) is 12.0 Å². The molecule has 0 aliphatic rings. The van der Waals surface area contributed by atoms with Crippen molar-refractivity contribution in [2.45, 2.75) is 25.8 Å². The molecular formula is C14H18N2. The standard InChI is InChI=1S/C14H18N2/c1-3-5-13(15-2)12-7-8-14-11(10-12)6-4-9-16-14/h4,6-10,13,15H,3,5H2,1-2H3. The Bertz CT molecular complexity index is 465. The van der Waals surface area contributed by atoms with Crippen molar-refractivity contribution in [3.63, 3.8) is 0 Å². The van der Waals surface area contributed by atoms with Crippen molar-refractivity contribution in [3.05, 3.63) is 42.1 Å². The van der Waals surface area contributed by atoms with E-state index in [0.717, 1.165) is 5.52 Å². The normalized spacial score (nSPS) is 12.9. The summed E-state index contributed by atoms with van der Waals surface area (Å²) in [5, 5.41) is 4.58. The number of pyridine rings is 1. The van der Waals surface area contributed by atoms with Gasteiger partial charge in [0.15, 0.2) is 0 Å². The minimum atomic E-state index is 0.453. The minimum Gasteiger partial charge on any atom is -0.313 e. The van der Waals surface area contributed by atoms with E-state index in [1.54, 1.807) is 0 Å². The molecule has 0 spiro atoms. The summed E-state index contributed by atoms with van der Waals surface area (Å²) in [5.41, 5.74) is 2.42. The SMILES string of the molecule is CCCC(NC)c1ccc2ncccc2c1. The van der Waals surface area contributed by atoms with Gasteiger partial charge in [-0.15, -0.1) is 0 Å². The summed E-state index contributed by atoms with van der Waals surface area (Å²) in [6, 6.07) is 11.1. The molecule has 0 aliphatic carbocycles. The van der Waals surface area contributed by atoms with Gasteiger partial charge in [0, 0.05) is 17.6 Å². The Morgan fingerprint density at radius 2 is 2.19 bits per heavy atom. The molecule has 2 rings (SSSR count). The van der Waals surface area contributed by atoms with E-state index in [9.17, 15) is 0 Å². The number of nitrogens with one attached hydrogen (secondary N) is 1. The van der Waals surface area contributed by atoms with Crippen molar-refractivity contribution in [1.82, 2.24) is 10.3 Å². The maximum absolute atomic E-state index is 4.33. The smallest absolute Gasteiger partial charge is 0.0702 e. The molecule has 1 atom stereocenters. The summed E-state index contributed by atoms with van der Waals surface area (Å²) < 4.78 is 0. The number of aromatic nitrogens is 1. The fraction of sp³-hybridized carbons (Fsp3) is 0.357. The molecule has 0 fully saturated rings. The molecule has 2 nitrogen and oxygen atoms in total. The van der Waals surface area contributed by atoms with Crippen LogP contribution in [0, 0.1) is 0 Å². The van der Waals surface area contributed by atoms with Crippen LogP contribution in [0.15, 0.2) is 36.5 Å². The van der Waals surface area contributed by atoms with Crippen LogP contribution in [-0.2, 0) is 0 Å². The van der Waals surface area contributed by atoms with E-state index in [0.29, 0.717) is 6.04 Å². The van der Waals surface area contributed by atoms with Crippen LogP contribution >= 0.6 is 0 Å². The molecule has 0 bridgehead atoms. The van der Waals surface area contributed by atoms with Crippen LogP contribution in [0.4, 0.5) is 0 Å². The van der Waals surface area contributed by atoms with Gasteiger partial charge in [-0.1, -0.05) is 25.5 Å². The first-order valence-corrected chi connectivity index (χ1v) is 5.87. The molecule has 1 N–H and O–H groups in total. The Morgan fingerprint density at radius 3 is 2.94 bits per heavy atom. The molecule has 1 heterocycles. The minimum absolute atomic E-state index is 0.453.